The molecule has 5 nitrogen and oxygen atoms in total. The Hall–Kier alpha value is -1.95. The summed E-state index contributed by atoms with van der Waals surface area (Å²) < 4.78 is 18.2. The Bertz CT molecular complexity index is 583. The SMILES string of the molecule is CC(C)C[C@H](NC(=O)CCCc1ccc(F)cc1)C(=O)N1CCOCC1. The molecule has 0 radical (unpaired) electrons. The highest BCUT2D eigenvalue weighted by molar-refractivity contribution is 5.87. The van der Waals surface area contributed by atoms with Crippen molar-refractivity contribution in [3.05, 3.63) is 35.6 Å². The monoisotopic (exact) mass is 364 g/mol. The van der Waals surface area contributed by atoms with Gasteiger partial charge in [0.2, 0.25) is 11.8 Å². The lowest BCUT2D eigenvalue weighted by Gasteiger charge is -2.31. The van der Waals surface area contributed by atoms with E-state index in [2.05, 4.69) is 5.32 Å². The van der Waals surface area contributed by atoms with Gasteiger partial charge in [-0.2, -0.15) is 0 Å². The third-order valence-electron chi connectivity index (χ3n) is 4.45. The first-order valence-electron chi connectivity index (χ1n) is 9.36. The second-order valence-electron chi connectivity index (χ2n) is 7.17. The topological polar surface area (TPSA) is 58.6 Å². The molecule has 0 spiro atoms. The van der Waals surface area contributed by atoms with Gasteiger partial charge in [0, 0.05) is 19.5 Å². The lowest BCUT2D eigenvalue weighted by atomic mass is 10.0. The van der Waals surface area contributed by atoms with Gasteiger partial charge in [0.15, 0.2) is 0 Å². The van der Waals surface area contributed by atoms with Crippen molar-refractivity contribution >= 4 is 11.8 Å². The first-order valence-corrected chi connectivity index (χ1v) is 9.36. The van der Waals surface area contributed by atoms with E-state index in [9.17, 15) is 14.0 Å². The molecule has 26 heavy (non-hydrogen) atoms. The van der Waals surface area contributed by atoms with Crippen LogP contribution in [0.3, 0.4) is 0 Å². The van der Waals surface area contributed by atoms with Gasteiger partial charge in [-0.15, -0.1) is 0 Å². The van der Waals surface area contributed by atoms with E-state index in [0.717, 1.165) is 5.56 Å². The highest BCUT2D eigenvalue weighted by atomic mass is 19.1. The van der Waals surface area contributed by atoms with E-state index >= 15 is 0 Å². The molecule has 1 fully saturated rings. The number of ether oxygens (including phenoxy) is 1. The van der Waals surface area contributed by atoms with Gasteiger partial charge in [0.25, 0.3) is 0 Å². The predicted molar refractivity (Wildman–Crippen MR) is 98.1 cm³/mol. The minimum atomic E-state index is -0.480. The van der Waals surface area contributed by atoms with Crippen molar-refractivity contribution in [2.24, 2.45) is 5.92 Å². The molecule has 0 saturated carbocycles. The third kappa shape index (κ3) is 6.75. The largest absolute Gasteiger partial charge is 0.378 e. The minimum Gasteiger partial charge on any atom is -0.378 e. The molecule has 0 aliphatic carbocycles. The molecule has 1 saturated heterocycles. The van der Waals surface area contributed by atoms with E-state index in [1.165, 1.54) is 12.1 Å². The first kappa shape index (κ1) is 20.4. The fourth-order valence-corrected chi connectivity index (χ4v) is 3.07. The van der Waals surface area contributed by atoms with Crippen molar-refractivity contribution in [1.29, 1.82) is 0 Å². The number of halogens is 1. The van der Waals surface area contributed by atoms with Crippen LogP contribution >= 0.6 is 0 Å². The Morgan fingerprint density at radius 1 is 1.19 bits per heavy atom. The van der Waals surface area contributed by atoms with Crippen LogP contribution in [0.5, 0.6) is 0 Å². The summed E-state index contributed by atoms with van der Waals surface area (Å²) in [5.41, 5.74) is 1.00. The standard InChI is InChI=1S/C20H29FN2O3/c1-15(2)14-18(20(25)23-10-12-26-13-11-23)22-19(24)5-3-4-16-6-8-17(21)9-7-16/h6-9,15,18H,3-5,10-14H2,1-2H3,(H,22,24)/t18-/m0/s1. The van der Waals surface area contributed by atoms with E-state index in [4.69, 9.17) is 4.74 Å². The Labute approximate surface area is 154 Å². The van der Waals surface area contributed by atoms with Crippen molar-refractivity contribution in [2.45, 2.75) is 45.6 Å². The van der Waals surface area contributed by atoms with Gasteiger partial charge in [-0.1, -0.05) is 26.0 Å². The highest BCUT2D eigenvalue weighted by Gasteiger charge is 2.27. The molecule has 1 N–H and O–H groups in total. The van der Waals surface area contributed by atoms with Crippen molar-refractivity contribution in [3.8, 4) is 0 Å². The summed E-state index contributed by atoms with van der Waals surface area (Å²) in [6.45, 7) is 6.33. The quantitative estimate of drug-likeness (QED) is 0.771. The maximum absolute atomic E-state index is 12.9. The zero-order valence-corrected chi connectivity index (χ0v) is 15.7. The molecular formula is C20H29FN2O3. The van der Waals surface area contributed by atoms with Crippen molar-refractivity contribution in [3.63, 3.8) is 0 Å². The number of nitrogens with one attached hydrogen (secondary N) is 1. The van der Waals surface area contributed by atoms with Crippen LogP contribution < -0.4 is 5.32 Å². The zero-order valence-electron chi connectivity index (χ0n) is 15.7. The number of carbonyl (C=O) groups is 2. The molecule has 1 aromatic rings. The molecule has 1 aliphatic rings. The summed E-state index contributed by atoms with van der Waals surface area (Å²) >= 11 is 0. The van der Waals surface area contributed by atoms with Crippen molar-refractivity contribution in [1.82, 2.24) is 10.2 Å². The molecular weight excluding hydrogens is 335 g/mol. The molecule has 2 rings (SSSR count). The Kier molecular flexibility index (Phi) is 8.04. The Morgan fingerprint density at radius 3 is 2.46 bits per heavy atom. The number of morpholine rings is 1. The average molecular weight is 364 g/mol. The van der Waals surface area contributed by atoms with E-state index < -0.39 is 6.04 Å². The lowest BCUT2D eigenvalue weighted by molar-refractivity contribution is -0.140. The molecule has 0 bridgehead atoms. The summed E-state index contributed by atoms with van der Waals surface area (Å²) in [6.07, 6.45) is 2.35. The van der Waals surface area contributed by atoms with Crippen molar-refractivity contribution < 1.29 is 18.7 Å². The first-order chi connectivity index (χ1) is 12.5. The molecule has 1 atom stereocenters. The summed E-state index contributed by atoms with van der Waals surface area (Å²) in [5.74, 6) is -0.0811. The molecule has 6 heteroatoms. The maximum atomic E-state index is 12.9. The normalized spacial score (nSPS) is 15.8. The number of hydrogen-bond donors (Lipinski definition) is 1. The smallest absolute Gasteiger partial charge is 0.245 e. The second-order valence-corrected chi connectivity index (χ2v) is 7.17. The molecule has 1 heterocycles. The summed E-state index contributed by atoms with van der Waals surface area (Å²) in [5, 5.41) is 2.91. The average Bonchev–Trinajstić information content (AvgIpc) is 2.62. The van der Waals surface area contributed by atoms with Crippen LogP contribution in [-0.4, -0.2) is 49.1 Å². The van der Waals surface area contributed by atoms with Gasteiger partial charge < -0.3 is 15.0 Å². The van der Waals surface area contributed by atoms with Crippen molar-refractivity contribution in [2.75, 3.05) is 26.3 Å². The van der Waals surface area contributed by atoms with Crippen LogP contribution in [0.15, 0.2) is 24.3 Å². The summed E-state index contributed by atoms with van der Waals surface area (Å²) in [4.78, 5) is 26.8. The highest BCUT2D eigenvalue weighted by Crippen LogP contribution is 2.11. The zero-order chi connectivity index (χ0) is 18.9. The van der Waals surface area contributed by atoms with Crippen LogP contribution in [0.1, 0.15) is 38.7 Å². The molecule has 2 amide bonds. The number of benzene rings is 1. The Morgan fingerprint density at radius 2 is 1.85 bits per heavy atom. The second kappa shape index (κ2) is 10.3. The van der Waals surface area contributed by atoms with Crippen LogP contribution in [0.4, 0.5) is 4.39 Å². The van der Waals surface area contributed by atoms with Gasteiger partial charge in [0.05, 0.1) is 13.2 Å². The van der Waals surface area contributed by atoms with E-state index in [1.807, 2.05) is 13.8 Å². The number of hydrogen-bond acceptors (Lipinski definition) is 3. The fourth-order valence-electron chi connectivity index (χ4n) is 3.07. The van der Waals surface area contributed by atoms with Crippen LogP contribution in [-0.2, 0) is 20.7 Å². The summed E-state index contributed by atoms with van der Waals surface area (Å²) in [6, 6.07) is 5.84. The number of nitrogens with zero attached hydrogens (tertiary/aromatic N) is 1. The van der Waals surface area contributed by atoms with E-state index in [1.54, 1.807) is 17.0 Å². The molecule has 0 aromatic heterocycles. The molecule has 144 valence electrons. The van der Waals surface area contributed by atoms with Crippen LogP contribution in [0, 0.1) is 11.7 Å². The Balaban J connectivity index is 1.82. The molecule has 0 unspecified atom stereocenters. The van der Waals surface area contributed by atoms with Crippen LogP contribution in [0.25, 0.3) is 0 Å². The van der Waals surface area contributed by atoms with Crippen LogP contribution in [0.2, 0.25) is 0 Å². The number of carbonyl (C=O) groups excluding carboxylic acids is 2. The fraction of sp³-hybridized carbons (Fsp3) is 0.600. The predicted octanol–water partition coefficient (Wildman–Crippen LogP) is 2.54. The van der Waals surface area contributed by atoms with Gasteiger partial charge >= 0.3 is 0 Å². The molecule has 1 aliphatic heterocycles. The third-order valence-corrected chi connectivity index (χ3v) is 4.45. The number of rotatable bonds is 8. The number of amides is 2. The summed E-state index contributed by atoms with van der Waals surface area (Å²) in [7, 11) is 0. The van der Waals surface area contributed by atoms with Gasteiger partial charge in [-0.3, -0.25) is 9.59 Å². The van der Waals surface area contributed by atoms with E-state index in [-0.39, 0.29) is 17.6 Å². The van der Waals surface area contributed by atoms with Gasteiger partial charge in [-0.25, -0.2) is 4.39 Å². The van der Waals surface area contributed by atoms with Gasteiger partial charge in [-0.05, 0) is 42.9 Å². The van der Waals surface area contributed by atoms with E-state index in [0.29, 0.717) is 57.9 Å². The maximum Gasteiger partial charge on any atom is 0.245 e. The molecule has 1 aromatic carbocycles. The lowest BCUT2D eigenvalue weighted by Crippen LogP contribution is -2.52. The van der Waals surface area contributed by atoms with Gasteiger partial charge in [0.1, 0.15) is 11.9 Å². The minimum absolute atomic E-state index is 0.0196. The number of aryl methyl sites for hydroxylation is 1.